The van der Waals surface area contributed by atoms with E-state index in [0.717, 1.165) is 27.3 Å². The first-order valence-corrected chi connectivity index (χ1v) is 7.87. The zero-order valence-electron chi connectivity index (χ0n) is 11.2. The summed E-state index contributed by atoms with van der Waals surface area (Å²) in [5, 5.41) is 0. The SMILES string of the molecule is CCOc1ccc(C(Br)c2cc(C)oc2C)cc1Br. The summed E-state index contributed by atoms with van der Waals surface area (Å²) in [6, 6.07) is 8.20. The fourth-order valence-electron chi connectivity index (χ4n) is 2.03. The van der Waals surface area contributed by atoms with E-state index in [0.29, 0.717) is 6.61 Å². The highest BCUT2D eigenvalue weighted by Crippen LogP contribution is 2.37. The van der Waals surface area contributed by atoms with Gasteiger partial charge in [-0.15, -0.1) is 0 Å². The lowest BCUT2D eigenvalue weighted by Gasteiger charge is -2.12. The fraction of sp³-hybridized carbons (Fsp3) is 0.333. The van der Waals surface area contributed by atoms with Gasteiger partial charge in [0.25, 0.3) is 0 Å². The lowest BCUT2D eigenvalue weighted by molar-refractivity contribution is 0.338. The molecule has 102 valence electrons. The van der Waals surface area contributed by atoms with Crippen molar-refractivity contribution in [2.45, 2.75) is 25.6 Å². The molecule has 0 aliphatic heterocycles. The molecule has 0 fully saturated rings. The van der Waals surface area contributed by atoms with Crippen molar-refractivity contribution in [1.82, 2.24) is 0 Å². The molecule has 2 aromatic rings. The fourth-order valence-corrected chi connectivity index (χ4v) is 3.28. The Kier molecular flexibility index (Phi) is 4.74. The molecule has 1 heterocycles. The van der Waals surface area contributed by atoms with Gasteiger partial charge in [-0.2, -0.15) is 0 Å². The minimum absolute atomic E-state index is 0.122. The summed E-state index contributed by atoms with van der Waals surface area (Å²) in [6.07, 6.45) is 0. The Bertz CT molecular complexity index is 576. The monoisotopic (exact) mass is 386 g/mol. The maximum atomic E-state index is 5.58. The van der Waals surface area contributed by atoms with E-state index in [9.17, 15) is 0 Å². The number of rotatable bonds is 4. The number of alkyl halides is 1. The predicted molar refractivity (Wildman–Crippen MR) is 84.3 cm³/mol. The third kappa shape index (κ3) is 3.23. The highest BCUT2D eigenvalue weighted by atomic mass is 79.9. The van der Waals surface area contributed by atoms with Crippen molar-refractivity contribution in [3.05, 3.63) is 51.4 Å². The topological polar surface area (TPSA) is 22.4 Å². The van der Waals surface area contributed by atoms with Crippen LogP contribution < -0.4 is 4.74 Å². The van der Waals surface area contributed by atoms with E-state index < -0.39 is 0 Å². The molecular formula is C15H16Br2O2. The van der Waals surface area contributed by atoms with Crippen LogP contribution in [0.5, 0.6) is 5.75 Å². The largest absolute Gasteiger partial charge is 0.493 e. The van der Waals surface area contributed by atoms with Crippen molar-refractivity contribution in [2.75, 3.05) is 6.61 Å². The van der Waals surface area contributed by atoms with Gasteiger partial charge in [-0.05, 0) is 60.5 Å². The molecule has 2 nitrogen and oxygen atoms in total. The molecule has 2 rings (SSSR count). The van der Waals surface area contributed by atoms with Gasteiger partial charge in [0.05, 0.1) is 15.9 Å². The van der Waals surface area contributed by atoms with Crippen LogP contribution in [0.2, 0.25) is 0 Å². The van der Waals surface area contributed by atoms with Crippen molar-refractivity contribution < 1.29 is 9.15 Å². The molecule has 1 unspecified atom stereocenters. The van der Waals surface area contributed by atoms with Crippen LogP contribution in [0.25, 0.3) is 0 Å². The molecule has 0 amide bonds. The molecular weight excluding hydrogens is 372 g/mol. The van der Waals surface area contributed by atoms with Crippen LogP contribution in [0.4, 0.5) is 0 Å². The average Bonchev–Trinajstić information content (AvgIpc) is 2.70. The van der Waals surface area contributed by atoms with Gasteiger partial charge in [0.2, 0.25) is 0 Å². The van der Waals surface area contributed by atoms with Crippen LogP contribution in [0.1, 0.15) is 34.4 Å². The number of hydrogen-bond acceptors (Lipinski definition) is 2. The van der Waals surface area contributed by atoms with Gasteiger partial charge in [0, 0.05) is 5.56 Å². The molecule has 0 radical (unpaired) electrons. The van der Waals surface area contributed by atoms with E-state index in [4.69, 9.17) is 9.15 Å². The molecule has 19 heavy (non-hydrogen) atoms. The Morgan fingerprint density at radius 3 is 2.53 bits per heavy atom. The summed E-state index contributed by atoms with van der Waals surface area (Å²) in [4.78, 5) is 0.122. The van der Waals surface area contributed by atoms with Crippen molar-refractivity contribution >= 4 is 31.9 Å². The summed E-state index contributed by atoms with van der Waals surface area (Å²) in [5.74, 6) is 2.75. The molecule has 0 saturated heterocycles. The molecule has 1 aromatic heterocycles. The second-order valence-corrected chi connectivity index (χ2v) is 6.12. The minimum Gasteiger partial charge on any atom is -0.493 e. The lowest BCUT2D eigenvalue weighted by Crippen LogP contribution is -1.96. The Balaban J connectivity index is 2.31. The number of ether oxygens (including phenoxy) is 1. The number of hydrogen-bond donors (Lipinski definition) is 0. The highest BCUT2D eigenvalue weighted by Gasteiger charge is 2.17. The Labute approximate surface area is 130 Å². The third-order valence-corrected chi connectivity index (χ3v) is 4.54. The zero-order chi connectivity index (χ0) is 14.0. The average molecular weight is 388 g/mol. The van der Waals surface area contributed by atoms with Crippen LogP contribution in [0, 0.1) is 13.8 Å². The minimum atomic E-state index is 0.122. The Morgan fingerprint density at radius 2 is 2.00 bits per heavy atom. The number of benzene rings is 1. The molecule has 0 saturated carbocycles. The van der Waals surface area contributed by atoms with Gasteiger partial charge in [-0.1, -0.05) is 22.0 Å². The van der Waals surface area contributed by atoms with Crippen LogP contribution >= 0.6 is 31.9 Å². The first-order valence-electron chi connectivity index (χ1n) is 6.16. The van der Waals surface area contributed by atoms with Gasteiger partial charge in [0.1, 0.15) is 17.3 Å². The maximum Gasteiger partial charge on any atom is 0.133 e. The quantitative estimate of drug-likeness (QED) is 0.642. The van der Waals surface area contributed by atoms with Gasteiger partial charge in [-0.25, -0.2) is 0 Å². The summed E-state index contributed by atoms with van der Waals surface area (Å²) in [5.41, 5.74) is 2.33. The van der Waals surface area contributed by atoms with Crippen LogP contribution in [-0.2, 0) is 0 Å². The van der Waals surface area contributed by atoms with E-state index in [-0.39, 0.29) is 4.83 Å². The van der Waals surface area contributed by atoms with Crippen LogP contribution in [0.3, 0.4) is 0 Å². The zero-order valence-corrected chi connectivity index (χ0v) is 14.3. The predicted octanol–water partition coefficient (Wildman–Crippen LogP) is 5.54. The second kappa shape index (κ2) is 6.14. The van der Waals surface area contributed by atoms with Crippen LogP contribution in [-0.4, -0.2) is 6.61 Å². The summed E-state index contributed by atoms with van der Waals surface area (Å²) < 4.78 is 12.1. The van der Waals surface area contributed by atoms with Gasteiger partial charge < -0.3 is 9.15 Å². The van der Waals surface area contributed by atoms with E-state index in [1.54, 1.807) is 0 Å². The second-order valence-electron chi connectivity index (χ2n) is 4.35. The molecule has 0 aliphatic rings. The van der Waals surface area contributed by atoms with Crippen molar-refractivity contribution in [2.24, 2.45) is 0 Å². The highest BCUT2D eigenvalue weighted by molar-refractivity contribution is 9.10. The van der Waals surface area contributed by atoms with E-state index >= 15 is 0 Å². The standard InChI is InChI=1S/C15H16Br2O2/c1-4-18-14-6-5-11(8-13(14)16)15(17)12-7-9(2)19-10(12)3/h5-8,15H,4H2,1-3H3. The molecule has 4 heteroatoms. The molecule has 1 aromatic carbocycles. The first kappa shape index (κ1) is 14.7. The Morgan fingerprint density at radius 1 is 1.26 bits per heavy atom. The third-order valence-electron chi connectivity index (χ3n) is 2.90. The lowest BCUT2D eigenvalue weighted by atomic mass is 10.1. The van der Waals surface area contributed by atoms with Crippen molar-refractivity contribution in [3.8, 4) is 5.75 Å². The van der Waals surface area contributed by atoms with E-state index in [1.807, 2.05) is 26.8 Å². The number of halogens is 2. The van der Waals surface area contributed by atoms with Crippen molar-refractivity contribution in [3.63, 3.8) is 0 Å². The van der Waals surface area contributed by atoms with Gasteiger partial charge >= 0.3 is 0 Å². The maximum absolute atomic E-state index is 5.58. The van der Waals surface area contributed by atoms with Crippen molar-refractivity contribution in [1.29, 1.82) is 0 Å². The first-order chi connectivity index (χ1) is 9.02. The summed E-state index contributed by atoms with van der Waals surface area (Å²) in [6.45, 7) is 6.59. The molecule has 0 N–H and O–H groups in total. The summed E-state index contributed by atoms with van der Waals surface area (Å²) in [7, 11) is 0. The van der Waals surface area contributed by atoms with E-state index in [2.05, 4.69) is 50.1 Å². The number of furan rings is 1. The Hall–Kier alpha value is -0.740. The van der Waals surface area contributed by atoms with Gasteiger partial charge in [0.15, 0.2) is 0 Å². The molecule has 0 bridgehead atoms. The molecule has 0 spiro atoms. The van der Waals surface area contributed by atoms with E-state index in [1.165, 1.54) is 5.56 Å². The summed E-state index contributed by atoms with van der Waals surface area (Å²) >= 11 is 7.28. The normalized spacial score (nSPS) is 12.5. The molecule has 0 aliphatic carbocycles. The van der Waals surface area contributed by atoms with Crippen LogP contribution in [0.15, 0.2) is 33.2 Å². The number of aryl methyl sites for hydroxylation is 2. The smallest absolute Gasteiger partial charge is 0.133 e. The molecule has 1 atom stereocenters. The van der Waals surface area contributed by atoms with Gasteiger partial charge in [-0.3, -0.25) is 0 Å².